The molecule has 2 heterocycles. The van der Waals surface area contributed by atoms with Crippen LogP contribution in [-0.2, 0) is 16.4 Å². The van der Waals surface area contributed by atoms with E-state index in [1.807, 2.05) is 25.9 Å². The lowest BCUT2D eigenvalue weighted by molar-refractivity contribution is 0.599. The number of benzene rings is 1. The van der Waals surface area contributed by atoms with Crippen LogP contribution in [0.5, 0.6) is 0 Å². The van der Waals surface area contributed by atoms with Gasteiger partial charge in [-0.05, 0) is 43.7 Å². The highest BCUT2D eigenvalue weighted by atomic mass is 32.2. The molecule has 0 aliphatic rings. The van der Waals surface area contributed by atoms with E-state index >= 15 is 0 Å². The zero-order chi connectivity index (χ0) is 21.2. The Kier molecular flexibility index (Phi) is 5.78. The first-order valence-electron chi connectivity index (χ1n) is 8.99. The summed E-state index contributed by atoms with van der Waals surface area (Å²) < 4.78 is 41.1. The quantitative estimate of drug-likeness (QED) is 0.664. The van der Waals surface area contributed by atoms with Crippen LogP contribution in [-0.4, -0.2) is 37.5 Å². The highest BCUT2D eigenvalue weighted by Gasteiger charge is 2.19. The van der Waals surface area contributed by atoms with Gasteiger partial charge in [-0.3, -0.25) is 9.71 Å². The van der Waals surface area contributed by atoms with Gasteiger partial charge in [-0.15, -0.1) is 0 Å². The van der Waals surface area contributed by atoms with E-state index < -0.39 is 15.8 Å². The monoisotopic (exact) mass is 415 g/mol. The number of rotatable bonds is 6. The number of hydrogen-bond acceptors (Lipinski definition) is 6. The maximum Gasteiger partial charge on any atom is 0.261 e. The number of sulfonamides is 1. The molecule has 152 valence electrons. The van der Waals surface area contributed by atoms with E-state index in [1.165, 1.54) is 18.5 Å². The van der Waals surface area contributed by atoms with Crippen LogP contribution in [0.4, 0.5) is 15.9 Å². The average molecular weight is 415 g/mol. The third kappa shape index (κ3) is 4.34. The molecular weight excluding hydrogens is 393 g/mol. The minimum atomic E-state index is -3.89. The number of aryl methyl sites for hydroxylation is 2. The van der Waals surface area contributed by atoms with Gasteiger partial charge in [0.25, 0.3) is 10.0 Å². The van der Waals surface area contributed by atoms with Crippen molar-refractivity contribution in [1.82, 2.24) is 15.0 Å². The van der Waals surface area contributed by atoms with Gasteiger partial charge in [-0.1, -0.05) is 6.92 Å². The Balaban J connectivity index is 2.07. The molecule has 0 saturated carbocycles. The van der Waals surface area contributed by atoms with Crippen LogP contribution >= 0.6 is 0 Å². The first-order chi connectivity index (χ1) is 13.7. The molecule has 7 nitrogen and oxygen atoms in total. The molecule has 9 heteroatoms. The SMILES string of the molecule is CCc1ncnc(N(C)C)c1-c1cnc(C)c(NS(=O)(=O)c2ccc(F)cc2)c1. The van der Waals surface area contributed by atoms with Crippen molar-refractivity contribution < 1.29 is 12.8 Å². The number of aromatic nitrogens is 3. The molecule has 0 saturated heterocycles. The van der Waals surface area contributed by atoms with Gasteiger partial charge >= 0.3 is 0 Å². The van der Waals surface area contributed by atoms with Crippen molar-refractivity contribution in [3.8, 4) is 11.1 Å². The van der Waals surface area contributed by atoms with E-state index in [-0.39, 0.29) is 4.90 Å². The Morgan fingerprint density at radius 2 is 1.79 bits per heavy atom. The summed E-state index contributed by atoms with van der Waals surface area (Å²) in [6.45, 7) is 3.70. The molecule has 0 aliphatic carbocycles. The van der Waals surface area contributed by atoms with Crippen LogP contribution in [0.2, 0.25) is 0 Å². The molecule has 29 heavy (non-hydrogen) atoms. The minimum Gasteiger partial charge on any atom is -0.362 e. The second-order valence-corrected chi connectivity index (χ2v) is 8.37. The van der Waals surface area contributed by atoms with Gasteiger partial charge in [0.1, 0.15) is 18.0 Å². The summed E-state index contributed by atoms with van der Waals surface area (Å²) in [6, 6.07) is 6.36. The lowest BCUT2D eigenvalue weighted by Crippen LogP contribution is -2.15. The highest BCUT2D eigenvalue weighted by molar-refractivity contribution is 7.92. The Labute approximate surface area is 169 Å². The summed E-state index contributed by atoms with van der Waals surface area (Å²) in [5.41, 5.74) is 3.19. The fourth-order valence-electron chi connectivity index (χ4n) is 2.90. The third-order valence-corrected chi connectivity index (χ3v) is 5.79. The second kappa shape index (κ2) is 8.12. The van der Waals surface area contributed by atoms with Gasteiger partial charge in [0.05, 0.1) is 22.0 Å². The predicted octanol–water partition coefficient (Wildman–Crippen LogP) is 3.42. The van der Waals surface area contributed by atoms with E-state index in [0.717, 1.165) is 29.2 Å². The maximum atomic E-state index is 13.1. The zero-order valence-electron chi connectivity index (χ0n) is 16.6. The largest absolute Gasteiger partial charge is 0.362 e. The molecule has 0 spiro atoms. The molecule has 3 rings (SSSR count). The van der Waals surface area contributed by atoms with Crippen molar-refractivity contribution in [2.24, 2.45) is 0 Å². The van der Waals surface area contributed by atoms with Crippen LogP contribution in [0, 0.1) is 12.7 Å². The molecule has 0 aliphatic heterocycles. The molecule has 0 radical (unpaired) electrons. The molecule has 0 atom stereocenters. The Hall–Kier alpha value is -3.07. The summed E-state index contributed by atoms with van der Waals surface area (Å²) in [4.78, 5) is 14.9. The van der Waals surface area contributed by atoms with Crippen LogP contribution in [0.1, 0.15) is 18.3 Å². The van der Waals surface area contributed by atoms with Gasteiger partial charge in [0.2, 0.25) is 0 Å². The second-order valence-electron chi connectivity index (χ2n) is 6.68. The smallest absolute Gasteiger partial charge is 0.261 e. The number of nitrogens with zero attached hydrogens (tertiary/aromatic N) is 4. The highest BCUT2D eigenvalue weighted by Crippen LogP contribution is 2.33. The standard InChI is InChI=1S/C20H22FN5O2S/c1-5-17-19(20(26(3)4)24-12-23-17)14-10-18(13(2)22-11-14)25-29(27,28)16-8-6-15(21)7-9-16/h6-12,25H,5H2,1-4H3. The van der Waals surface area contributed by atoms with E-state index in [2.05, 4.69) is 19.7 Å². The third-order valence-electron chi connectivity index (χ3n) is 4.41. The van der Waals surface area contributed by atoms with E-state index in [4.69, 9.17) is 0 Å². The van der Waals surface area contributed by atoms with Gasteiger partial charge in [0.15, 0.2) is 0 Å². The van der Waals surface area contributed by atoms with Crippen molar-refractivity contribution in [1.29, 1.82) is 0 Å². The van der Waals surface area contributed by atoms with Crippen LogP contribution in [0.25, 0.3) is 11.1 Å². The normalized spacial score (nSPS) is 11.3. The number of halogens is 1. The van der Waals surface area contributed by atoms with E-state index in [1.54, 1.807) is 19.2 Å². The molecular formula is C20H22FN5O2S. The predicted molar refractivity (Wildman–Crippen MR) is 111 cm³/mol. The summed E-state index contributed by atoms with van der Waals surface area (Å²) in [6.07, 6.45) is 3.87. The fraction of sp³-hybridized carbons (Fsp3) is 0.250. The van der Waals surface area contributed by atoms with Crippen molar-refractivity contribution in [3.05, 3.63) is 60.1 Å². The Morgan fingerprint density at radius 1 is 1.10 bits per heavy atom. The van der Waals surface area contributed by atoms with Gasteiger partial charge < -0.3 is 4.90 Å². The summed E-state index contributed by atoms with van der Waals surface area (Å²) in [5, 5.41) is 0. The van der Waals surface area contributed by atoms with Crippen molar-refractivity contribution >= 4 is 21.5 Å². The lowest BCUT2D eigenvalue weighted by atomic mass is 10.0. The van der Waals surface area contributed by atoms with E-state index in [0.29, 0.717) is 23.4 Å². The molecule has 0 unspecified atom stereocenters. The van der Waals surface area contributed by atoms with Crippen molar-refractivity contribution in [2.45, 2.75) is 25.2 Å². The van der Waals surface area contributed by atoms with Crippen LogP contribution in [0.15, 0.2) is 47.8 Å². The number of pyridine rings is 1. The van der Waals surface area contributed by atoms with Crippen molar-refractivity contribution in [3.63, 3.8) is 0 Å². The molecule has 2 aromatic heterocycles. The van der Waals surface area contributed by atoms with Gasteiger partial charge in [-0.2, -0.15) is 0 Å². The Morgan fingerprint density at radius 3 is 2.41 bits per heavy atom. The average Bonchev–Trinajstić information content (AvgIpc) is 2.69. The summed E-state index contributed by atoms with van der Waals surface area (Å²) >= 11 is 0. The molecule has 3 aromatic rings. The minimum absolute atomic E-state index is 0.0324. The fourth-order valence-corrected chi connectivity index (χ4v) is 4.01. The Bertz CT molecular complexity index is 1130. The number of nitrogens with one attached hydrogen (secondary N) is 1. The first-order valence-corrected chi connectivity index (χ1v) is 10.5. The maximum absolute atomic E-state index is 13.1. The topological polar surface area (TPSA) is 88.1 Å². The van der Waals surface area contributed by atoms with E-state index in [9.17, 15) is 12.8 Å². The van der Waals surface area contributed by atoms with Gasteiger partial charge in [0, 0.05) is 31.4 Å². The molecule has 1 N–H and O–H groups in total. The molecule has 0 bridgehead atoms. The molecule has 0 amide bonds. The van der Waals surface area contributed by atoms with Crippen LogP contribution < -0.4 is 9.62 Å². The first kappa shape index (κ1) is 20.7. The molecule has 0 fully saturated rings. The van der Waals surface area contributed by atoms with Crippen LogP contribution in [0.3, 0.4) is 0 Å². The van der Waals surface area contributed by atoms with Gasteiger partial charge in [-0.25, -0.2) is 22.8 Å². The number of anilines is 2. The molecule has 1 aromatic carbocycles. The summed E-state index contributed by atoms with van der Waals surface area (Å²) in [7, 11) is -0.132. The summed E-state index contributed by atoms with van der Waals surface area (Å²) in [5.74, 6) is 0.214. The lowest BCUT2D eigenvalue weighted by Gasteiger charge is -2.19. The number of hydrogen-bond donors (Lipinski definition) is 1. The zero-order valence-corrected chi connectivity index (χ0v) is 17.5. The van der Waals surface area contributed by atoms with Crippen molar-refractivity contribution in [2.75, 3.05) is 23.7 Å².